The van der Waals surface area contributed by atoms with Gasteiger partial charge in [0.25, 0.3) is 0 Å². The maximum Gasteiger partial charge on any atom is 0.222 e. The van der Waals surface area contributed by atoms with E-state index >= 15 is 0 Å². The first-order valence-electron chi connectivity index (χ1n) is 12.9. The molecule has 0 bridgehead atoms. The molecule has 0 amide bonds. The van der Waals surface area contributed by atoms with E-state index in [1.165, 1.54) is 0 Å². The SMILES string of the molecule is CCCCNc1nc(N)nc2c3ccccc3n(Cc3cc(CNCCCO)ccc3OC)c12.CCO. The number of hydrogen-bond acceptors (Lipinski definition) is 8. The number of nitrogen functional groups attached to an aromatic ring is 1. The van der Waals surface area contributed by atoms with Crippen LogP contribution in [0.3, 0.4) is 0 Å². The summed E-state index contributed by atoms with van der Waals surface area (Å²) in [5.74, 6) is 1.86. The number of nitrogens with one attached hydrogen (secondary N) is 2. The first kappa shape index (κ1) is 28.2. The Balaban J connectivity index is 0.00000121. The fourth-order valence-electron chi connectivity index (χ4n) is 4.29. The second-order valence-electron chi connectivity index (χ2n) is 8.73. The maximum atomic E-state index is 9.02. The lowest BCUT2D eigenvalue weighted by atomic mass is 10.1. The van der Waals surface area contributed by atoms with E-state index in [4.69, 9.17) is 20.7 Å². The summed E-state index contributed by atoms with van der Waals surface area (Å²) >= 11 is 0. The fraction of sp³-hybridized carbons (Fsp3) is 0.429. The third-order valence-corrected chi connectivity index (χ3v) is 5.96. The van der Waals surface area contributed by atoms with E-state index in [-0.39, 0.29) is 19.2 Å². The molecule has 4 aromatic rings. The fourth-order valence-corrected chi connectivity index (χ4v) is 4.29. The number of rotatable bonds is 12. The second kappa shape index (κ2) is 14.4. The minimum atomic E-state index is 0.190. The van der Waals surface area contributed by atoms with Crippen LogP contribution in [0.15, 0.2) is 42.5 Å². The van der Waals surface area contributed by atoms with Crippen molar-refractivity contribution in [1.82, 2.24) is 19.9 Å². The van der Waals surface area contributed by atoms with Crippen LogP contribution in [0.25, 0.3) is 21.9 Å². The van der Waals surface area contributed by atoms with Crippen molar-refractivity contribution in [2.75, 3.05) is 44.5 Å². The molecule has 6 N–H and O–H groups in total. The van der Waals surface area contributed by atoms with Gasteiger partial charge in [-0.05, 0) is 50.1 Å². The predicted octanol–water partition coefficient (Wildman–Crippen LogP) is 3.91. The van der Waals surface area contributed by atoms with E-state index in [9.17, 15) is 0 Å². The molecule has 0 aliphatic rings. The lowest BCUT2D eigenvalue weighted by Gasteiger charge is -2.15. The van der Waals surface area contributed by atoms with Crippen molar-refractivity contribution < 1.29 is 14.9 Å². The van der Waals surface area contributed by atoms with Crippen molar-refractivity contribution in [1.29, 1.82) is 0 Å². The molecule has 4 rings (SSSR count). The van der Waals surface area contributed by atoms with E-state index in [0.717, 1.165) is 83.5 Å². The van der Waals surface area contributed by atoms with Crippen molar-refractivity contribution in [3.05, 3.63) is 53.6 Å². The van der Waals surface area contributed by atoms with Gasteiger partial charge in [-0.1, -0.05) is 37.6 Å². The van der Waals surface area contributed by atoms with Crippen LogP contribution in [0.2, 0.25) is 0 Å². The molecule has 37 heavy (non-hydrogen) atoms. The number of nitrogens with zero attached hydrogens (tertiary/aromatic N) is 3. The Morgan fingerprint density at radius 2 is 1.81 bits per heavy atom. The molecular formula is C28H40N6O3. The maximum absolute atomic E-state index is 9.02. The Morgan fingerprint density at radius 1 is 1.03 bits per heavy atom. The van der Waals surface area contributed by atoms with Gasteiger partial charge >= 0.3 is 0 Å². The molecule has 0 aliphatic heterocycles. The van der Waals surface area contributed by atoms with Crippen LogP contribution in [-0.4, -0.2) is 58.2 Å². The Bertz CT molecular complexity index is 1270. The third kappa shape index (κ3) is 7.09. The van der Waals surface area contributed by atoms with Gasteiger partial charge in [0.1, 0.15) is 16.8 Å². The summed E-state index contributed by atoms with van der Waals surface area (Å²) in [4.78, 5) is 9.18. The Kier molecular flexibility index (Phi) is 10.9. The zero-order valence-corrected chi connectivity index (χ0v) is 22.1. The number of ether oxygens (including phenoxy) is 1. The molecule has 0 radical (unpaired) electrons. The number of aliphatic hydroxyl groups excluding tert-OH is 2. The highest BCUT2D eigenvalue weighted by molar-refractivity contribution is 6.09. The van der Waals surface area contributed by atoms with Gasteiger partial charge in [-0.25, -0.2) is 4.98 Å². The number of methoxy groups -OCH3 is 1. The molecular weight excluding hydrogens is 468 g/mol. The summed E-state index contributed by atoms with van der Waals surface area (Å²) in [5.41, 5.74) is 11.2. The first-order valence-corrected chi connectivity index (χ1v) is 12.9. The van der Waals surface area contributed by atoms with Crippen LogP contribution < -0.4 is 21.1 Å². The van der Waals surface area contributed by atoms with Crippen LogP contribution in [0.5, 0.6) is 5.75 Å². The van der Waals surface area contributed by atoms with E-state index in [1.807, 2.05) is 18.2 Å². The highest BCUT2D eigenvalue weighted by Gasteiger charge is 2.19. The summed E-state index contributed by atoms with van der Waals surface area (Å²) in [6.07, 6.45) is 2.88. The zero-order valence-electron chi connectivity index (χ0n) is 22.1. The molecule has 0 spiro atoms. The van der Waals surface area contributed by atoms with Crippen molar-refractivity contribution in [3.63, 3.8) is 0 Å². The first-order chi connectivity index (χ1) is 18.1. The lowest BCUT2D eigenvalue weighted by Crippen LogP contribution is -2.16. The molecule has 2 aromatic carbocycles. The molecule has 9 nitrogen and oxygen atoms in total. The number of benzene rings is 2. The molecule has 0 saturated heterocycles. The van der Waals surface area contributed by atoms with Gasteiger partial charge in [-0.2, -0.15) is 4.98 Å². The average Bonchev–Trinajstić information content (AvgIpc) is 3.21. The minimum Gasteiger partial charge on any atom is -0.496 e. The van der Waals surface area contributed by atoms with Crippen molar-refractivity contribution in [2.24, 2.45) is 0 Å². The van der Waals surface area contributed by atoms with Crippen molar-refractivity contribution in [2.45, 2.75) is 46.2 Å². The second-order valence-corrected chi connectivity index (χ2v) is 8.73. The van der Waals surface area contributed by atoms with Gasteiger partial charge < -0.3 is 35.9 Å². The predicted molar refractivity (Wildman–Crippen MR) is 151 cm³/mol. The largest absolute Gasteiger partial charge is 0.496 e. The van der Waals surface area contributed by atoms with Crippen LogP contribution in [0.4, 0.5) is 11.8 Å². The number of aliphatic hydroxyl groups is 2. The highest BCUT2D eigenvalue weighted by Crippen LogP contribution is 2.34. The lowest BCUT2D eigenvalue weighted by molar-refractivity contribution is 0.286. The van der Waals surface area contributed by atoms with Crippen molar-refractivity contribution in [3.8, 4) is 5.75 Å². The molecule has 200 valence electrons. The van der Waals surface area contributed by atoms with Gasteiger partial charge in [-0.15, -0.1) is 0 Å². The van der Waals surface area contributed by atoms with Gasteiger partial charge in [-0.3, -0.25) is 0 Å². The quantitative estimate of drug-likeness (QED) is 0.182. The number of hydrogen-bond donors (Lipinski definition) is 5. The summed E-state index contributed by atoms with van der Waals surface area (Å²) in [6.45, 7) is 7.22. The Morgan fingerprint density at radius 3 is 2.54 bits per heavy atom. The molecule has 2 heterocycles. The molecule has 2 aromatic heterocycles. The molecule has 0 aliphatic carbocycles. The topological polar surface area (TPSA) is 130 Å². The van der Waals surface area contributed by atoms with Gasteiger partial charge in [0.2, 0.25) is 5.95 Å². The summed E-state index contributed by atoms with van der Waals surface area (Å²) in [5, 5.41) is 24.5. The molecule has 0 atom stereocenters. The van der Waals surface area contributed by atoms with E-state index < -0.39 is 0 Å². The monoisotopic (exact) mass is 508 g/mol. The molecule has 0 unspecified atom stereocenters. The molecule has 0 saturated carbocycles. The summed E-state index contributed by atoms with van der Waals surface area (Å²) in [7, 11) is 1.70. The number of anilines is 2. The smallest absolute Gasteiger partial charge is 0.222 e. The van der Waals surface area contributed by atoms with Crippen LogP contribution in [0.1, 0.15) is 44.2 Å². The summed E-state index contributed by atoms with van der Waals surface area (Å²) < 4.78 is 7.96. The highest BCUT2D eigenvalue weighted by atomic mass is 16.5. The van der Waals surface area contributed by atoms with E-state index in [0.29, 0.717) is 6.54 Å². The zero-order chi connectivity index (χ0) is 26.6. The standard InChI is InChI=1S/C26H34N6O2.C2H6O/c1-3-4-13-29-25-24-23(30-26(27)31-25)20-8-5-6-9-21(20)32(24)17-19-15-18(10-11-22(19)34-2)16-28-12-7-14-33;1-2-3/h5-6,8-11,15,28,33H,3-4,7,12-14,16-17H2,1-2H3,(H3,27,29,30,31);3H,2H2,1H3. The van der Waals surface area contributed by atoms with E-state index in [2.05, 4.69) is 56.4 Å². The number of fused-ring (bicyclic) bond motifs is 3. The number of nitrogens with two attached hydrogens (primary N) is 1. The van der Waals surface area contributed by atoms with Crippen molar-refractivity contribution >= 4 is 33.7 Å². The van der Waals surface area contributed by atoms with Gasteiger partial charge in [0.15, 0.2) is 5.82 Å². The minimum absolute atomic E-state index is 0.190. The van der Waals surface area contributed by atoms with E-state index in [1.54, 1.807) is 14.0 Å². The molecule has 0 fully saturated rings. The summed E-state index contributed by atoms with van der Waals surface area (Å²) in [6, 6.07) is 14.5. The van der Waals surface area contributed by atoms with Crippen LogP contribution in [-0.2, 0) is 13.1 Å². The van der Waals surface area contributed by atoms with Crippen LogP contribution in [0, 0.1) is 0 Å². The Hall–Kier alpha value is -3.40. The molecule has 9 heteroatoms. The van der Waals surface area contributed by atoms with Gasteiger partial charge in [0, 0.05) is 37.3 Å². The van der Waals surface area contributed by atoms with Crippen LogP contribution >= 0.6 is 0 Å². The average molecular weight is 509 g/mol. The number of aromatic nitrogens is 3. The Labute approximate surface area is 218 Å². The number of para-hydroxylation sites is 1. The normalized spacial score (nSPS) is 10.9. The van der Waals surface area contributed by atoms with Gasteiger partial charge in [0.05, 0.1) is 19.2 Å². The third-order valence-electron chi connectivity index (χ3n) is 5.96. The number of unbranched alkanes of at least 4 members (excludes halogenated alkanes) is 1.